The molecule has 1 fully saturated rings. The maximum absolute atomic E-state index is 10.9. The van der Waals surface area contributed by atoms with Crippen LogP contribution in [0.3, 0.4) is 0 Å². The van der Waals surface area contributed by atoms with Crippen LogP contribution in [0, 0.1) is 5.92 Å². The van der Waals surface area contributed by atoms with Gasteiger partial charge in [-0.2, -0.15) is 0 Å². The third-order valence-electron chi connectivity index (χ3n) is 4.50. The first kappa shape index (κ1) is 18.9. The van der Waals surface area contributed by atoms with Crippen molar-refractivity contribution in [2.24, 2.45) is 5.92 Å². The van der Waals surface area contributed by atoms with E-state index in [1.165, 1.54) is 0 Å². The fourth-order valence-electron chi connectivity index (χ4n) is 3.30. The highest BCUT2D eigenvalue weighted by Crippen LogP contribution is 2.22. The van der Waals surface area contributed by atoms with Crippen LogP contribution in [0.15, 0.2) is 0 Å². The zero-order valence-electron chi connectivity index (χ0n) is 13.6. The van der Waals surface area contributed by atoms with Gasteiger partial charge in [-0.05, 0) is 44.7 Å². The van der Waals surface area contributed by atoms with Gasteiger partial charge in [0.05, 0.1) is 6.54 Å². The van der Waals surface area contributed by atoms with Gasteiger partial charge in [0.25, 0.3) is 0 Å². The topological polar surface area (TPSA) is 77.8 Å². The van der Waals surface area contributed by atoms with Gasteiger partial charge in [-0.1, -0.05) is 38.5 Å². The summed E-state index contributed by atoms with van der Waals surface area (Å²) in [5.41, 5.74) is 0. The Labute approximate surface area is 133 Å². The number of nitrogens with zero attached hydrogens (tertiary/aromatic N) is 1. The molecular weight excluding hydrogens is 282 g/mol. The molecule has 1 aliphatic heterocycles. The highest BCUT2D eigenvalue weighted by Gasteiger charge is 2.14. The van der Waals surface area contributed by atoms with E-state index >= 15 is 0 Å². The maximum Gasteiger partial charge on any atom is 0.317 e. The summed E-state index contributed by atoms with van der Waals surface area (Å²) >= 11 is 0. The maximum atomic E-state index is 10.9. The SMILES string of the molecule is O=C(O)CC1CCCCCCN(CC(=O)O)CCCCCC1. The quantitative estimate of drug-likeness (QED) is 0.832. The molecule has 22 heavy (non-hydrogen) atoms. The van der Waals surface area contributed by atoms with Crippen LogP contribution < -0.4 is 0 Å². The molecular formula is C17H31NO4. The highest BCUT2D eigenvalue weighted by atomic mass is 16.4. The van der Waals surface area contributed by atoms with Crippen LogP contribution in [0.1, 0.15) is 70.6 Å². The first-order valence-corrected chi connectivity index (χ1v) is 8.74. The van der Waals surface area contributed by atoms with E-state index in [-0.39, 0.29) is 6.54 Å². The minimum atomic E-state index is -0.738. The molecule has 0 saturated carbocycles. The lowest BCUT2D eigenvalue weighted by Crippen LogP contribution is -2.31. The monoisotopic (exact) mass is 313 g/mol. The largest absolute Gasteiger partial charge is 0.481 e. The summed E-state index contributed by atoms with van der Waals surface area (Å²) < 4.78 is 0. The number of hydrogen-bond acceptors (Lipinski definition) is 3. The standard InChI is InChI=1S/C17H31NO4/c19-16(20)13-15-9-5-1-3-7-11-18(14-17(21)22)12-8-4-2-6-10-15/h15H,1-14H2,(H,19,20)(H,21,22). The molecule has 0 atom stereocenters. The predicted molar refractivity (Wildman–Crippen MR) is 86.0 cm³/mol. The van der Waals surface area contributed by atoms with Crippen LogP contribution in [0.5, 0.6) is 0 Å². The third kappa shape index (κ3) is 9.77. The van der Waals surface area contributed by atoms with Crippen LogP contribution in [0.4, 0.5) is 0 Å². The molecule has 5 heteroatoms. The minimum Gasteiger partial charge on any atom is -0.481 e. The molecule has 0 aromatic rings. The highest BCUT2D eigenvalue weighted by molar-refractivity contribution is 5.69. The molecule has 0 aliphatic carbocycles. The molecule has 0 radical (unpaired) electrons. The van der Waals surface area contributed by atoms with Crippen molar-refractivity contribution in [2.75, 3.05) is 19.6 Å². The fraction of sp³-hybridized carbons (Fsp3) is 0.882. The first-order chi connectivity index (χ1) is 10.6. The molecule has 1 aliphatic rings. The van der Waals surface area contributed by atoms with E-state index in [1.54, 1.807) is 0 Å². The number of hydrogen-bond donors (Lipinski definition) is 2. The van der Waals surface area contributed by atoms with Crippen LogP contribution in [0.25, 0.3) is 0 Å². The normalized spacial score (nSPS) is 21.1. The van der Waals surface area contributed by atoms with Crippen molar-refractivity contribution in [3.05, 3.63) is 0 Å². The Hall–Kier alpha value is -1.10. The van der Waals surface area contributed by atoms with Gasteiger partial charge in [0.2, 0.25) is 0 Å². The van der Waals surface area contributed by atoms with Gasteiger partial charge in [-0.3, -0.25) is 14.5 Å². The van der Waals surface area contributed by atoms with Crippen LogP contribution >= 0.6 is 0 Å². The number of carboxylic acids is 2. The summed E-state index contributed by atoms with van der Waals surface area (Å²) in [4.78, 5) is 23.8. The Balaban J connectivity index is 2.38. The molecule has 1 heterocycles. The molecule has 0 spiro atoms. The van der Waals surface area contributed by atoms with E-state index in [4.69, 9.17) is 10.2 Å². The van der Waals surface area contributed by atoms with Crippen molar-refractivity contribution in [1.82, 2.24) is 4.90 Å². The predicted octanol–water partition coefficient (Wildman–Crippen LogP) is 3.38. The first-order valence-electron chi connectivity index (χ1n) is 8.74. The van der Waals surface area contributed by atoms with E-state index < -0.39 is 11.9 Å². The molecule has 128 valence electrons. The van der Waals surface area contributed by atoms with E-state index in [0.717, 1.165) is 77.3 Å². The van der Waals surface area contributed by atoms with Gasteiger partial charge < -0.3 is 10.2 Å². The summed E-state index contributed by atoms with van der Waals surface area (Å²) in [7, 11) is 0. The Kier molecular flexibility index (Phi) is 9.87. The van der Waals surface area contributed by atoms with E-state index in [9.17, 15) is 9.59 Å². The number of rotatable bonds is 4. The fourth-order valence-corrected chi connectivity index (χ4v) is 3.30. The summed E-state index contributed by atoms with van der Waals surface area (Å²) in [6.07, 6.45) is 11.1. The van der Waals surface area contributed by atoms with Crippen LogP contribution in [0.2, 0.25) is 0 Å². The summed E-state index contributed by atoms with van der Waals surface area (Å²) in [5.74, 6) is -1.07. The summed E-state index contributed by atoms with van der Waals surface area (Å²) in [6.45, 7) is 1.89. The van der Waals surface area contributed by atoms with Crippen molar-refractivity contribution < 1.29 is 19.8 Å². The zero-order valence-corrected chi connectivity index (χ0v) is 13.6. The molecule has 0 aromatic carbocycles. The van der Waals surface area contributed by atoms with Gasteiger partial charge in [-0.25, -0.2) is 0 Å². The molecule has 0 bridgehead atoms. The Bertz CT molecular complexity index is 285. The average molecular weight is 313 g/mol. The molecule has 0 aromatic heterocycles. The molecule has 0 amide bonds. The van der Waals surface area contributed by atoms with Crippen molar-refractivity contribution in [3.8, 4) is 0 Å². The van der Waals surface area contributed by atoms with Crippen molar-refractivity contribution >= 4 is 11.9 Å². The van der Waals surface area contributed by atoms with Crippen molar-refractivity contribution in [3.63, 3.8) is 0 Å². The van der Waals surface area contributed by atoms with Gasteiger partial charge in [0, 0.05) is 6.42 Å². The van der Waals surface area contributed by atoms with Crippen LogP contribution in [-0.4, -0.2) is 46.7 Å². The van der Waals surface area contributed by atoms with Gasteiger partial charge in [0.1, 0.15) is 0 Å². The number of aliphatic carboxylic acids is 2. The molecule has 2 N–H and O–H groups in total. The molecule has 1 saturated heterocycles. The zero-order chi connectivity index (χ0) is 16.2. The van der Waals surface area contributed by atoms with Gasteiger partial charge in [-0.15, -0.1) is 0 Å². The second-order valence-corrected chi connectivity index (χ2v) is 6.54. The van der Waals surface area contributed by atoms with E-state index in [2.05, 4.69) is 4.90 Å². The summed E-state index contributed by atoms with van der Waals surface area (Å²) in [5, 5.41) is 17.9. The minimum absolute atomic E-state index is 0.153. The van der Waals surface area contributed by atoms with Gasteiger partial charge in [0.15, 0.2) is 0 Å². The lowest BCUT2D eigenvalue weighted by atomic mass is 9.91. The molecule has 0 unspecified atom stereocenters. The summed E-state index contributed by atoms with van der Waals surface area (Å²) in [6, 6.07) is 0. The second kappa shape index (κ2) is 11.5. The lowest BCUT2D eigenvalue weighted by molar-refractivity contribution is -0.139. The van der Waals surface area contributed by atoms with Crippen molar-refractivity contribution in [1.29, 1.82) is 0 Å². The van der Waals surface area contributed by atoms with E-state index in [0.29, 0.717) is 12.3 Å². The Morgan fingerprint density at radius 1 is 0.773 bits per heavy atom. The van der Waals surface area contributed by atoms with E-state index in [1.807, 2.05) is 0 Å². The lowest BCUT2D eigenvalue weighted by Gasteiger charge is -2.21. The van der Waals surface area contributed by atoms with Gasteiger partial charge >= 0.3 is 11.9 Å². The second-order valence-electron chi connectivity index (χ2n) is 6.54. The number of carbonyl (C=O) groups is 2. The average Bonchev–Trinajstić information content (AvgIpc) is 2.43. The molecule has 5 nitrogen and oxygen atoms in total. The van der Waals surface area contributed by atoms with Crippen LogP contribution in [-0.2, 0) is 9.59 Å². The Morgan fingerprint density at radius 2 is 1.27 bits per heavy atom. The number of carboxylic acid groups (broad SMARTS) is 2. The smallest absolute Gasteiger partial charge is 0.317 e. The Morgan fingerprint density at radius 3 is 1.73 bits per heavy atom. The molecule has 1 rings (SSSR count). The third-order valence-corrected chi connectivity index (χ3v) is 4.50. The van der Waals surface area contributed by atoms with Crippen molar-refractivity contribution in [2.45, 2.75) is 70.6 Å².